The Labute approximate surface area is 138 Å². The summed E-state index contributed by atoms with van der Waals surface area (Å²) in [5.41, 5.74) is 8.71. The van der Waals surface area contributed by atoms with Gasteiger partial charge in [-0.3, -0.25) is 4.68 Å². The summed E-state index contributed by atoms with van der Waals surface area (Å²) in [6, 6.07) is 4.46. The minimum Gasteiger partial charge on any atom is -0.268 e. The van der Waals surface area contributed by atoms with Crippen LogP contribution in [0.2, 0.25) is 0 Å². The van der Waals surface area contributed by atoms with Crippen LogP contribution in [0.25, 0.3) is 11.3 Å². The minimum atomic E-state index is 0. The van der Waals surface area contributed by atoms with Gasteiger partial charge in [0, 0.05) is 17.7 Å². The molecule has 4 heteroatoms. The lowest BCUT2D eigenvalue weighted by Gasteiger charge is -2.10. The molecule has 0 atom stereocenters. The van der Waals surface area contributed by atoms with E-state index in [1.54, 1.807) is 0 Å². The van der Waals surface area contributed by atoms with E-state index < -0.39 is 0 Å². The molecule has 0 N–H and O–H groups in total. The molecule has 0 unspecified atom stereocenters. The monoisotopic (exact) mass is 326 g/mol. The van der Waals surface area contributed by atoms with Crippen LogP contribution in [0.15, 0.2) is 12.1 Å². The van der Waals surface area contributed by atoms with Crippen molar-refractivity contribution in [2.45, 2.75) is 53.5 Å². The number of hydrogen-bond acceptors (Lipinski definition) is 1. The molecule has 21 heavy (non-hydrogen) atoms. The molecule has 1 aromatic carbocycles. The van der Waals surface area contributed by atoms with Crippen molar-refractivity contribution in [1.82, 2.24) is 9.78 Å². The number of benzene rings is 1. The quantitative estimate of drug-likeness (QED) is 0.704. The van der Waals surface area contributed by atoms with Crippen LogP contribution >= 0.6 is 24.0 Å². The van der Waals surface area contributed by atoms with Crippen molar-refractivity contribution in [2.24, 2.45) is 0 Å². The molecular formula is C17H24Cl2N2. The SMILES string of the molecule is CCc1c(-c2c(C)cc(C)cc2C)nn(CC)c1CCl.Cl. The largest absolute Gasteiger partial charge is 0.268 e. The van der Waals surface area contributed by atoms with Gasteiger partial charge in [-0.25, -0.2) is 0 Å². The summed E-state index contributed by atoms with van der Waals surface area (Å²) < 4.78 is 2.04. The molecule has 0 bridgehead atoms. The topological polar surface area (TPSA) is 17.8 Å². The second kappa shape index (κ2) is 7.33. The van der Waals surface area contributed by atoms with Crippen LogP contribution in [-0.4, -0.2) is 9.78 Å². The summed E-state index contributed by atoms with van der Waals surface area (Å²) in [5, 5.41) is 4.82. The summed E-state index contributed by atoms with van der Waals surface area (Å²) in [5.74, 6) is 0.522. The maximum atomic E-state index is 6.14. The number of halogens is 2. The van der Waals surface area contributed by atoms with E-state index in [2.05, 4.69) is 46.8 Å². The first-order valence-corrected chi connectivity index (χ1v) is 7.79. The molecule has 0 aliphatic carbocycles. The molecule has 2 nitrogen and oxygen atoms in total. The van der Waals surface area contributed by atoms with Gasteiger partial charge in [0.05, 0.1) is 17.3 Å². The van der Waals surface area contributed by atoms with Gasteiger partial charge < -0.3 is 0 Å². The fourth-order valence-electron chi connectivity index (χ4n) is 3.07. The Morgan fingerprint density at radius 2 is 1.67 bits per heavy atom. The van der Waals surface area contributed by atoms with Gasteiger partial charge in [-0.15, -0.1) is 24.0 Å². The van der Waals surface area contributed by atoms with E-state index in [0.717, 1.165) is 24.4 Å². The molecule has 2 rings (SSSR count). The number of rotatable bonds is 4. The Hall–Kier alpha value is -0.990. The second-order valence-electron chi connectivity index (χ2n) is 5.35. The molecule has 1 aromatic heterocycles. The zero-order chi connectivity index (χ0) is 14.9. The van der Waals surface area contributed by atoms with Crippen molar-refractivity contribution < 1.29 is 0 Å². The van der Waals surface area contributed by atoms with E-state index in [9.17, 15) is 0 Å². The zero-order valence-corrected chi connectivity index (χ0v) is 15.0. The van der Waals surface area contributed by atoms with Crippen LogP contribution in [0.3, 0.4) is 0 Å². The van der Waals surface area contributed by atoms with Crippen LogP contribution in [-0.2, 0) is 18.8 Å². The van der Waals surface area contributed by atoms with Gasteiger partial charge in [-0.2, -0.15) is 5.10 Å². The molecule has 116 valence electrons. The highest BCUT2D eigenvalue weighted by Crippen LogP contribution is 2.32. The Bertz CT molecular complexity index is 607. The zero-order valence-electron chi connectivity index (χ0n) is 13.5. The molecule has 0 radical (unpaired) electrons. The first-order valence-electron chi connectivity index (χ1n) is 7.26. The average Bonchev–Trinajstić information content (AvgIpc) is 2.74. The second-order valence-corrected chi connectivity index (χ2v) is 5.62. The molecule has 0 saturated heterocycles. The van der Waals surface area contributed by atoms with E-state index in [0.29, 0.717) is 5.88 Å². The van der Waals surface area contributed by atoms with Crippen molar-refractivity contribution in [3.8, 4) is 11.3 Å². The summed E-state index contributed by atoms with van der Waals surface area (Å²) in [6.45, 7) is 11.6. The Morgan fingerprint density at radius 3 is 2.10 bits per heavy atom. The van der Waals surface area contributed by atoms with E-state index in [4.69, 9.17) is 16.7 Å². The fraction of sp³-hybridized carbons (Fsp3) is 0.471. The lowest BCUT2D eigenvalue weighted by Crippen LogP contribution is -2.01. The van der Waals surface area contributed by atoms with Gasteiger partial charge in [0.1, 0.15) is 0 Å². The summed E-state index contributed by atoms with van der Waals surface area (Å²) in [6.07, 6.45) is 0.962. The van der Waals surface area contributed by atoms with Crippen LogP contribution in [0.1, 0.15) is 41.8 Å². The lowest BCUT2D eigenvalue weighted by atomic mass is 9.94. The Morgan fingerprint density at radius 1 is 1.10 bits per heavy atom. The van der Waals surface area contributed by atoms with E-state index >= 15 is 0 Å². The highest BCUT2D eigenvalue weighted by atomic mass is 35.5. The van der Waals surface area contributed by atoms with Crippen molar-refractivity contribution in [3.05, 3.63) is 40.1 Å². The van der Waals surface area contributed by atoms with E-state index in [1.165, 1.54) is 27.8 Å². The van der Waals surface area contributed by atoms with Gasteiger partial charge in [-0.05, 0) is 45.2 Å². The average molecular weight is 327 g/mol. The number of nitrogens with zero attached hydrogens (tertiary/aromatic N) is 2. The van der Waals surface area contributed by atoms with Crippen molar-refractivity contribution in [3.63, 3.8) is 0 Å². The van der Waals surface area contributed by atoms with Crippen LogP contribution in [0, 0.1) is 20.8 Å². The highest BCUT2D eigenvalue weighted by molar-refractivity contribution is 6.17. The fourth-order valence-corrected chi connectivity index (χ4v) is 3.37. The van der Waals surface area contributed by atoms with Crippen molar-refractivity contribution in [1.29, 1.82) is 0 Å². The molecule has 0 aliphatic heterocycles. The summed E-state index contributed by atoms with van der Waals surface area (Å²) in [4.78, 5) is 0. The van der Waals surface area contributed by atoms with Crippen LogP contribution < -0.4 is 0 Å². The third-order valence-corrected chi connectivity index (χ3v) is 4.11. The lowest BCUT2D eigenvalue weighted by molar-refractivity contribution is 0.636. The third-order valence-electron chi connectivity index (χ3n) is 3.86. The standard InChI is InChI=1S/C17H23ClN2.ClH/c1-6-14-15(10-18)20(7-2)19-17(14)16-12(4)8-11(3)9-13(16)5;/h8-9H,6-7,10H2,1-5H3;1H. The molecule has 0 amide bonds. The summed E-state index contributed by atoms with van der Waals surface area (Å²) >= 11 is 6.14. The van der Waals surface area contributed by atoms with Crippen molar-refractivity contribution in [2.75, 3.05) is 0 Å². The number of aromatic nitrogens is 2. The number of hydrogen-bond donors (Lipinski definition) is 0. The number of aryl methyl sites for hydroxylation is 4. The number of alkyl halides is 1. The summed E-state index contributed by atoms with van der Waals surface area (Å²) in [7, 11) is 0. The third kappa shape index (κ3) is 3.27. The highest BCUT2D eigenvalue weighted by Gasteiger charge is 2.19. The first kappa shape index (κ1) is 18.1. The van der Waals surface area contributed by atoms with Gasteiger partial charge in [0.2, 0.25) is 0 Å². The molecule has 0 aliphatic rings. The molecule has 2 aromatic rings. The van der Waals surface area contributed by atoms with Gasteiger partial charge in [0.25, 0.3) is 0 Å². The van der Waals surface area contributed by atoms with Gasteiger partial charge in [0.15, 0.2) is 0 Å². The van der Waals surface area contributed by atoms with E-state index in [-0.39, 0.29) is 12.4 Å². The predicted octanol–water partition coefficient (Wildman–Crippen LogP) is 5.22. The smallest absolute Gasteiger partial charge is 0.0963 e. The first-order chi connectivity index (χ1) is 9.53. The Kier molecular flexibility index (Phi) is 6.30. The van der Waals surface area contributed by atoms with Crippen LogP contribution in [0.5, 0.6) is 0 Å². The molecule has 1 heterocycles. The minimum absolute atomic E-state index is 0. The Balaban J connectivity index is 0.00000220. The molecule has 0 saturated carbocycles. The normalized spacial score (nSPS) is 10.6. The van der Waals surface area contributed by atoms with Gasteiger partial charge >= 0.3 is 0 Å². The van der Waals surface area contributed by atoms with Crippen LogP contribution in [0.4, 0.5) is 0 Å². The van der Waals surface area contributed by atoms with Crippen molar-refractivity contribution >= 4 is 24.0 Å². The predicted molar refractivity (Wildman–Crippen MR) is 93.7 cm³/mol. The maximum Gasteiger partial charge on any atom is 0.0963 e. The maximum absolute atomic E-state index is 6.14. The molecular weight excluding hydrogens is 303 g/mol. The van der Waals surface area contributed by atoms with Gasteiger partial charge in [-0.1, -0.05) is 24.6 Å². The van der Waals surface area contributed by atoms with E-state index in [1.807, 2.05) is 4.68 Å². The molecule has 0 spiro atoms. The molecule has 0 fully saturated rings.